The third-order valence-electron chi connectivity index (χ3n) is 4.39. The summed E-state index contributed by atoms with van der Waals surface area (Å²) in [5.41, 5.74) is 0.876. The molecule has 1 saturated heterocycles. The zero-order chi connectivity index (χ0) is 19.0. The van der Waals surface area contributed by atoms with Gasteiger partial charge in [0.05, 0.1) is 4.90 Å². The van der Waals surface area contributed by atoms with Crippen molar-refractivity contribution < 1.29 is 23.1 Å². The Labute approximate surface area is 148 Å². The second-order valence-electron chi connectivity index (χ2n) is 7.21. The van der Waals surface area contributed by atoms with Crippen molar-refractivity contribution in [2.75, 3.05) is 19.6 Å². The normalized spacial score (nSPS) is 19.7. The predicted molar refractivity (Wildman–Crippen MR) is 92.7 cm³/mol. The van der Waals surface area contributed by atoms with Gasteiger partial charge in [0.1, 0.15) is 6.04 Å². The molecule has 0 spiro atoms. The first-order chi connectivity index (χ1) is 11.4. The minimum Gasteiger partial charge on any atom is -0.480 e. The lowest BCUT2D eigenvalue weighted by Gasteiger charge is -2.38. The van der Waals surface area contributed by atoms with Crippen LogP contribution in [0.3, 0.4) is 0 Å². The Morgan fingerprint density at radius 1 is 1.12 bits per heavy atom. The van der Waals surface area contributed by atoms with Crippen LogP contribution in [-0.4, -0.2) is 60.3 Å². The highest BCUT2D eigenvalue weighted by Crippen LogP contribution is 2.26. The fraction of sp³-hybridized carbons (Fsp3) is 0.529. The number of carbonyl (C=O) groups excluding carboxylic acids is 1. The van der Waals surface area contributed by atoms with Crippen molar-refractivity contribution >= 4 is 21.9 Å². The molecule has 1 N–H and O–H groups in total. The first kappa shape index (κ1) is 19.4. The number of aliphatic carboxylic acids is 1. The lowest BCUT2D eigenvalue weighted by atomic mass is 9.87. The largest absolute Gasteiger partial charge is 0.480 e. The first-order valence-electron chi connectivity index (χ1n) is 8.05. The Kier molecular flexibility index (Phi) is 5.24. The van der Waals surface area contributed by atoms with Gasteiger partial charge in [-0.2, -0.15) is 4.31 Å². The van der Waals surface area contributed by atoms with Gasteiger partial charge in [-0.15, -0.1) is 0 Å². The zero-order valence-electron chi connectivity index (χ0n) is 14.9. The minimum absolute atomic E-state index is 0.0418. The van der Waals surface area contributed by atoms with Gasteiger partial charge in [0.25, 0.3) is 0 Å². The van der Waals surface area contributed by atoms with Crippen molar-refractivity contribution in [1.82, 2.24) is 9.21 Å². The molecule has 8 heteroatoms. The molecule has 1 fully saturated rings. The number of amides is 1. The van der Waals surface area contributed by atoms with E-state index in [9.17, 15) is 23.1 Å². The van der Waals surface area contributed by atoms with Crippen LogP contribution in [0.5, 0.6) is 0 Å². The quantitative estimate of drug-likeness (QED) is 0.867. The number of sulfonamides is 1. The molecule has 25 heavy (non-hydrogen) atoms. The number of carboxylic acids is 1. The summed E-state index contributed by atoms with van der Waals surface area (Å²) in [7, 11) is -3.95. The van der Waals surface area contributed by atoms with Crippen molar-refractivity contribution in [3.63, 3.8) is 0 Å². The fourth-order valence-corrected chi connectivity index (χ4v) is 4.37. The second kappa shape index (κ2) is 6.76. The van der Waals surface area contributed by atoms with Crippen LogP contribution in [0.15, 0.2) is 29.2 Å². The van der Waals surface area contributed by atoms with E-state index in [4.69, 9.17) is 0 Å². The summed E-state index contributed by atoms with van der Waals surface area (Å²) in [5.74, 6) is -1.53. The van der Waals surface area contributed by atoms with Gasteiger partial charge in [-0.3, -0.25) is 9.59 Å². The smallest absolute Gasteiger partial charge is 0.323 e. The number of hydrogen-bond donors (Lipinski definition) is 1. The monoisotopic (exact) mass is 368 g/mol. The third kappa shape index (κ3) is 4.01. The second-order valence-corrected chi connectivity index (χ2v) is 9.10. The van der Waals surface area contributed by atoms with Crippen molar-refractivity contribution in [3.8, 4) is 0 Å². The zero-order valence-corrected chi connectivity index (χ0v) is 15.7. The molecular formula is C17H24N2O5S. The SMILES string of the molecule is CC(=O)N1CCN(S(=O)(=O)c2ccc(C(C)(C)C)cc2)[C@@H](C(=O)O)C1. The molecule has 1 aliphatic heterocycles. The van der Waals surface area contributed by atoms with Gasteiger partial charge in [0.15, 0.2) is 0 Å². The van der Waals surface area contributed by atoms with E-state index >= 15 is 0 Å². The van der Waals surface area contributed by atoms with Gasteiger partial charge in [-0.1, -0.05) is 32.9 Å². The highest BCUT2D eigenvalue weighted by molar-refractivity contribution is 7.89. The molecule has 1 amide bonds. The van der Waals surface area contributed by atoms with Crippen molar-refractivity contribution in [2.24, 2.45) is 0 Å². The third-order valence-corrected chi connectivity index (χ3v) is 6.31. The van der Waals surface area contributed by atoms with E-state index in [2.05, 4.69) is 0 Å². The number of piperazine rings is 1. The Morgan fingerprint density at radius 2 is 1.68 bits per heavy atom. The number of carbonyl (C=O) groups is 2. The van der Waals surface area contributed by atoms with Crippen LogP contribution in [0.4, 0.5) is 0 Å². The summed E-state index contributed by atoms with van der Waals surface area (Å²) in [6.07, 6.45) is 0. The van der Waals surface area contributed by atoms with E-state index < -0.39 is 22.0 Å². The average molecular weight is 368 g/mol. The fourth-order valence-electron chi connectivity index (χ4n) is 2.80. The van der Waals surface area contributed by atoms with Crippen LogP contribution in [0.1, 0.15) is 33.3 Å². The van der Waals surface area contributed by atoms with Gasteiger partial charge in [-0.25, -0.2) is 8.42 Å². The Bertz CT molecular complexity index is 765. The van der Waals surface area contributed by atoms with E-state index in [0.29, 0.717) is 0 Å². The molecule has 1 aromatic rings. The molecule has 7 nitrogen and oxygen atoms in total. The molecular weight excluding hydrogens is 344 g/mol. The molecule has 0 radical (unpaired) electrons. The molecule has 1 heterocycles. The van der Waals surface area contributed by atoms with E-state index in [0.717, 1.165) is 9.87 Å². The van der Waals surface area contributed by atoms with E-state index in [1.54, 1.807) is 12.1 Å². The first-order valence-corrected chi connectivity index (χ1v) is 9.49. The van der Waals surface area contributed by atoms with Gasteiger partial charge in [0.2, 0.25) is 15.9 Å². The topological polar surface area (TPSA) is 95.0 Å². The summed E-state index contributed by atoms with van der Waals surface area (Å²) in [4.78, 5) is 24.5. The number of nitrogens with zero attached hydrogens (tertiary/aromatic N) is 2. The lowest BCUT2D eigenvalue weighted by Crippen LogP contribution is -2.58. The summed E-state index contributed by atoms with van der Waals surface area (Å²) in [6, 6.07) is 5.21. The molecule has 1 atom stereocenters. The highest BCUT2D eigenvalue weighted by Gasteiger charge is 2.40. The molecule has 0 aromatic heterocycles. The number of rotatable bonds is 3. The Morgan fingerprint density at radius 3 is 2.12 bits per heavy atom. The molecule has 0 bridgehead atoms. The van der Waals surface area contributed by atoms with Crippen LogP contribution < -0.4 is 0 Å². The van der Waals surface area contributed by atoms with E-state index in [1.165, 1.54) is 24.0 Å². The van der Waals surface area contributed by atoms with Crippen molar-refractivity contribution in [1.29, 1.82) is 0 Å². The molecule has 0 aliphatic carbocycles. The van der Waals surface area contributed by atoms with Crippen LogP contribution in [0.2, 0.25) is 0 Å². The predicted octanol–water partition coefficient (Wildman–Crippen LogP) is 1.29. The van der Waals surface area contributed by atoms with Gasteiger partial charge < -0.3 is 10.0 Å². The molecule has 138 valence electrons. The molecule has 2 rings (SSSR count). The molecule has 1 aromatic carbocycles. The van der Waals surface area contributed by atoms with Gasteiger partial charge in [-0.05, 0) is 23.1 Å². The van der Waals surface area contributed by atoms with Crippen LogP contribution in [0, 0.1) is 0 Å². The number of benzene rings is 1. The van der Waals surface area contributed by atoms with Crippen molar-refractivity contribution in [3.05, 3.63) is 29.8 Å². The van der Waals surface area contributed by atoms with Gasteiger partial charge >= 0.3 is 5.97 Å². The maximum Gasteiger partial charge on any atom is 0.323 e. The van der Waals surface area contributed by atoms with Crippen LogP contribution >= 0.6 is 0 Å². The Hall–Kier alpha value is -1.93. The summed E-state index contributed by atoms with van der Waals surface area (Å²) in [5, 5.41) is 9.43. The van der Waals surface area contributed by atoms with Crippen molar-refractivity contribution in [2.45, 2.75) is 44.0 Å². The van der Waals surface area contributed by atoms with Crippen LogP contribution in [0.25, 0.3) is 0 Å². The van der Waals surface area contributed by atoms with E-state index in [-0.39, 0.29) is 35.9 Å². The number of carboxylic acid groups (broad SMARTS) is 1. The lowest BCUT2D eigenvalue weighted by molar-refractivity contribution is -0.145. The molecule has 0 saturated carbocycles. The number of hydrogen-bond acceptors (Lipinski definition) is 4. The molecule has 1 aliphatic rings. The van der Waals surface area contributed by atoms with Gasteiger partial charge in [0, 0.05) is 26.6 Å². The molecule has 0 unspecified atom stereocenters. The standard InChI is InChI=1S/C17H24N2O5S/c1-12(20)18-9-10-19(15(11-18)16(21)22)25(23,24)14-7-5-13(6-8-14)17(2,3)4/h5-8,15H,9-11H2,1-4H3,(H,21,22)/t15-/m1/s1. The van der Waals surface area contributed by atoms with E-state index in [1.807, 2.05) is 20.8 Å². The summed E-state index contributed by atoms with van der Waals surface area (Å²) < 4.78 is 26.8. The highest BCUT2D eigenvalue weighted by atomic mass is 32.2. The maximum absolute atomic E-state index is 12.9. The average Bonchev–Trinajstić information content (AvgIpc) is 2.53. The minimum atomic E-state index is -3.95. The van der Waals surface area contributed by atoms with Crippen LogP contribution in [-0.2, 0) is 25.0 Å². The summed E-state index contributed by atoms with van der Waals surface area (Å²) in [6.45, 7) is 7.41. The maximum atomic E-state index is 12.9. The summed E-state index contributed by atoms with van der Waals surface area (Å²) >= 11 is 0. The Balaban J connectivity index is 2.34.